The maximum atomic E-state index is 13.0. The van der Waals surface area contributed by atoms with Crippen LogP contribution in [0.3, 0.4) is 0 Å². The number of hydrogen-bond donors (Lipinski definition) is 1. The van der Waals surface area contributed by atoms with Crippen molar-refractivity contribution in [2.75, 3.05) is 19.5 Å². The van der Waals surface area contributed by atoms with Gasteiger partial charge in [0, 0.05) is 7.05 Å². The predicted molar refractivity (Wildman–Crippen MR) is 123 cm³/mol. The van der Waals surface area contributed by atoms with Crippen LogP contribution in [0, 0.1) is 18.3 Å². The van der Waals surface area contributed by atoms with Gasteiger partial charge in [0.25, 0.3) is 11.5 Å². The van der Waals surface area contributed by atoms with Gasteiger partial charge in [0.1, 0.15) is 17.3 Å². The number of carbonyl (C=O) groups is 1. The normalized spacial score (nSPS) is 11.1. The summed E-state index contributed by atoms with van der Waals surface area (Å²) in [6.45, 7) is 1.71. The highest BCUT2D eigenvalue weighted by Crippen LogP contribution is 2.36. The molecule has 32 heavy (non-hydrogen) atoms. The van der Waals surface area contributed by atoms with E-state index < -0.39 is 11.5 Å². The molecule has 0 atom stereocenters. The van der Waals surface area contributed by atoms with E-state index in [4.69, 9.17) is 21.1 Å². The van der Waals surface area contributed by atoms with E-state index in [0.717, 1.165) is 0 Å². The number of nitrogens with one attached hydrogen (secondary N) is 1. The van der Waals surface area contributed by atoms with Gasteiger partial charge in [-0.15, -0.1) is 0 Å². The molecule has 0 fully saturated rings. The van der Waals surface area contributed by atoms with E-state index in [1.165, 1.54) is 25.0 Å². The zero-order chi connectivity index (χ0) is 23.4. The molecule has 0 aliphatic heterocycles. The zero-order valence-corrected chi connectivity index (χ0v) is 18.7. The maximum Gasteiger partial charge on any atom is 0.295 e. The third-order valence-electron chi connectivity index (χ3n) is 4.92. The van der Waals surface area contributed by atoms with Crippen LogP contribution < -0.4 is 20.3 Å². The second-order valence-electron chi connectivity index (χ2n) is 6.80. The molecule has 9 heteroatoms. The Labute approximate surface area is 189 Å². The number of para-hydroxylation sites is 1. The van der Waals surface area contributed by atoms with Crippen molar-refractivity contribution in [2.24, 2.45) is 7.05 Å². The van der Waals surface area contributed by atoms with Gasteiger partial charge in [-0.1, -0.05) is 29.8 Å². The Bertz CT molecular complexity index is 1300. The lowest BCUT2D eigenvalue weighted by Crippen LogP contribution is -2.23. The van der Waals surface area contributed by atoms with Crippen molar-refractivity contribution in [3.05, 3.63) is 74.7 Å². The van der Waals surface area contributed by atoms with Gasteiger partial charge in [-0.25, -0.2) is 4.68 Å². The molecule has 3 rings (SSSR count). The van der Waals surface area contributed by atoms with Gasteiger partial charge >= 0.3 is 0 Å². The fourth-order valence-corrected chi connectivity index (χ4v) is 3.53. The molecule has 2 aromatic carbocycles. The van der Waals surface area contributed by atoms with Gasteiger partial charge in [-0.3, -0.25) is 14.3 Å². The Kier molecular flexibility index (Phi) is 6.71. The highest BCUT2D eigenvalue weighted by atomic mass is 35.5. The molecule has 0 unspecified atom stereocenters. The maximum absolute atomic E-state index is 13.0. The lowest BCUT2D eigenvalue weighted by Gasteiger charge is -2.10. The highest BCUT2D eigenvalue weighted by molar-refractivity contribution is 6.32. The largest absolute Gasteiger partial charge is 0.493 e. The Balaban J connectivity index is 1.98. The van der Waals surface area contributed by atoms with Gasteiger partial charge in [0.2, 0.25) is 0 Å². The molecule has 3 aromatic rings. The van der Waals surface area contributed by atoms with Crippen LogP contribution in [0.4, 0.5) is 5.69 Å². The summed E-state index contributed by atoms with van der Waals surface area (Å²) in [5.74, 6) is -0.0198. The van der Waals surface area contributed by atoms with Gasteiger partial charge in [0.15, 0.2) is 11.5 Å². The summed E-state index contributed by atoms with van der Waals surface area (Å²) in [7, 11) is 4.62. The summed E-state index contributed by atoms with van der Waals surface area (Å²) in [6.07, 6.45) is 1.36. The average Bonchev–Trinajstić information content (AvgIpc) is 3.00. The number of nitriles is 1. The first-order valence-corrected chi connectivity index (χ1v) is 9.88. The van der Waals surface area contributed by atoms with Crippen molar-refractivity contribution in [1.29, 1.82) is 5.26 Å². The van der Waals surface area contributed by atoms with Gasteiger partial charge in [-0.2, -0.15) is 5.26 Å². The smallest absolute Gasteiger partial charge is 0.295 e. The number of anilines is 1. The zero-order valence-electron chi connectivity index (χ0n) is 18.0. The first kappa shape index (κ1) is 22.7. The van der Waals surface area contributed by atoms with E-state index in [2.05, 4.69) is 5.32 Å². The number of benzene rings is 2. The van der Waals surface area contributed by atoms with Crippen LogP contribution in [0.15, 0.2) is 52.8 Å². The van der Waals surface area contributed by atoms with Crippen molar-refractivity contribution in [3.63, 3.8) is 0 Å². The summed E-state index contributed by atoms with van der Waals surface area (Å²) in [5, 5.41) is 12.4. The van der Waals surface area contributed by atoms with E-state index in [1.807, 2.05) is 24.3 Å². The minimum absolute atomic E-state index is 0.0906. The van der Waals surface area contributed by atoms with Gasteiger partial charge in [-0.05, 0) is 42.8 Å². The van der Waals surface area contributed by atoms with E-state index >= 15 is 0 Å². The summed E-state index contributed by atoms with van der Waals surface area (Å²) in [6, 6.07) is 14.0. The molecule has 1 heterocycles. The van der Waals surface area contributed by atoms with Gasteiger partial charge < -0.3 is 14.8 Å². The molecule has 0 saturated heterocycles. The predicted octanol–water partition coefficient (Wildman–Crippen LogP) is 3.70. The molecule has 0 spiro atoms. The molecule has 1 N–H and O–H groups in total. The number of ether oxygens (including phenoxy) is 2. The van der Waals surface area contributed by atoms with E-state index in [0.29, 0.717) is 28.4 Å². The Morgan fingerprint density at radius 3 is 2.47 bits per heavy atom. The number of nitrogens with zero attached hydrogens (tertiary/aromatic N) is 3. The lowest BCUT2D eigenvalue weighted by molar-refractivity contribution is -0.112. The summed E-state index contributed by atoms with van der Waals surface area (Å²) in [5.41, 5.74) is 1.13. The van der Waals surface area contributed by atoms with Crippen molar-refractivity contribution in [3.8, 4) is 23.3 Å². The van der Waals surface area contributed by atoms with Crippen LogP contribution in [0.5, 0.6) is 11.5 Å². The average molecular weight is 453 g/mol. The molecule has 1 aromatic heterocycles. The summed E-state index contributed by atoms with van der Waals surface area (Å²) >= 11 is 6.20. The van der Waals surface area contributed by atoms with Crippen LogP contribution in [0.1, 0.15) is 11.3 Å². The van der Waals surface area contributed by atoms with Crippen LogP contribution in [-0.2, 0) is 11.8 Å². The topological polar surface area (TPSA) is 98.3 Å². The number of aromatic nitrogens is 2. The first-order chi connectivity index (χ1) is 15.3. The van der Waals surface area contributed by atoms with Crippen molar-refractivity contribution >= 4 is 29.3 Å². The van der Waals surface area contributed by atoms with Crippen molar-refractivity contribution in [2.45, 2.75) is 6.92 Å². The molecule has 0 saturated carbocycles. The summed E-state index contributed by atoms with van der Waals surface area (Å²) in [4.78, 5) is 25.8. The van der Waals surface area contributed by atoms with Crippen LogP contribution in [0.25, 0.3) is 11.8 Å². The van der Waals surface area contributed by atoms with Crippen LogP contribution in [0.2, 0.25) is 5.02 Å². The molecule has 8 nitrogen and oxygen atoms in total. The molecular formula is C23H21ClN4O4. The molecule has 164 valence electrons. The SMILES string of the molecule is COc1cc(/C=C(\C#N)C(=O)Nc2c(C)n(C)n(-c3ccccc3)c2=O)cc(Cl)c1OC. The fourth-order valence-electron chi connectivity index (χ4n) is 3.23. The number of amides is 1. The second-order valence-corrected chi connectivity index (χ2v) is 7.21. The number of rotatable bonds is 6. The minimum Gasteiger partial charge on any atom is -0.493 e. The molecule has 1 amide bonds. The van der Waals surface area contributed by atoms with Gasteiger partial charge in [0.05, 0.1) is 30.6 Å². The highest BCUT2D eigenvalue weighted by Gasteiger charge is 2.20. The molecule has 0 radical (unpaired) electrons. The second kappa shape index (κ2) is 9.45. The summed E-state index contributed by atoms with van der Waals surface area (Å²) < 4.78 is 13.5. The Hall–Kier alpha value is -3.96. The number of carbonyl (C=O) groups excluding carboxylic acids is 1. The number of halogens is 1. The first-order valence-electron chi connectivity index (χ1n) is 9.51. The van der Waals surface area contributed by atoms with E-state index in [1.54, 1.807) is 42.9 Å². The number of hydrogen-bond acceptors (Lipinski definition) is 5. The van der Waals surface area contributed by atoms with Crippen molar-refractivity contribution < 1.29 is 14.3 Å². The quantitative estimate of drug-likeness (QED) is 0.454. The Morgan fingerprint density at radius 1 is 1.19 bits per heavy atom. The third kappa shape index (κ3) is 4.24. The monoisotopic (exact) mass is 452 g/mol. The molecule has 0 aliphatic rings. The van der Waals surface area contributed by atoms with Crippen molar-refractivity contribution in [1.82, 2.24) is 9.36 Å². The van der Waals surface area contributed by atoms with E-state index in [9.17, 15) is 14.9 Å². The molecule has 0 aliphatic carbocycles. The lowest BCUT2D eigenvalue weighted by atomic mass is 10.1. The molecule has 0 bridgehead atoms. The Morgan fingerprint density at radius 2 is 1.88 bits per heavy atom. The minimum atomic E-state index is -0.718. The molecular weight excluding hydrogens is 432 g/mol. The van der Waals surface area contributed by atoms with E-state index in [-0.39, 0.29) is 16.3 Å². The van der Waals surface area contributed by atoms with Crippen LogP contribution in [-0.4, -0.2) is 29.5 Å². The third-order valence-corrected chi connectivity index (χ3v) is 5.21. The number of methoxy groups -OCH3 is 2. The fraction of sp³-hybridized carbons (Fsp3) is 0.174. The standard InChI is InChI=1S/C23H21ClN4O4/c1-14-20(23(30)28(27(14)2)17-8-6-5-7-9-17)26-22(29)16(13-25)10-15-11-18(24)21(32-4)19(12-15)31-3/h5-12H,1-4H3,(H,26,29)/b16-10+. The van der Waals surface area contributed by atoms with Crippen LogP contribution >= 0.6 is 11.6 Å².